The molecule has 2 rings (SSSR count). The zero-order valence-electron chi connectivity index (χ0n) is 13.5. The molecular formula is C19H21NO3. The molecule has 1 N–H and O–H groups in total. The van der Waals surface area contributed by atoms with E-state index in [4.69, 9.17) is 4.74 Å². The fourth-order valence-electron chi connectivity index (χ4n) is 2.18. The lowest BCUT2D eigenvalue weighted by atomic mass is 10.1. The maximum atomic E-state index is 11.8. The minimum atomic E-state index is -0.487. The summed E-state index contributed by atoms with van der Waals surface area (Å²) in [6, 6.07) is 15.1. The number of esters is 1. The zero-order chi connectivity index (χ0) is 16.7. The molecule has 4 nitrogen and oxygen atoms in total. The Hall–Kier alpha value is -2.62. The number of benzene rings is 2. The number of amides is 1. The molecule has 0 spiro atoms. The molecule has 0 saturated heterocycles. The minimum Gasteiger partial charge on any atom is -0.452 e. The van der Waals surface area contributed by atoms with E-state index in [1.165, 1.54) is 11.1 Å². The SMILES string of the molecule is Cc1ccc(C(=O)OCC(=O)NCCc2ccccc2C)cc1. The van der Waals surface area contributed by atoms with Crippen molar-refractivity contribution in [3.05, 3.63) is 70.8 Å². The van der Waals surface area contributed by atoms with Crippen LogP contribution in [0.2, 0.25) is 0 Å². The average molecular weight is 311 g/mol. The molecule has 23 heavy (non-hydrogen) atoms. The highest BCUT2D eigenvalue weighted by Crippen LogP contribution is 2.07. The van der Waals surface area contributed by atoms with E-state index in [-0.39, 0.29) is 12.5 Å². The van der Waals surface area contributed by atoms with Crippen molar-refractivity contribution in [2.75, 3.05) is 13.2 Å². The summed E-state index contributed by atoms with van der Waals surface area (Å²) in [5.74, 6) is -0.780. The minimum absolute atomic E-state index is 0.263. The molecule has 0 aliphatic rings. The molecule has 4 heteroatoms. The number of ether oxygens (including phenoxy) is 1. The van der Waals surface area contributed by atoms with Crippen molar-refractivity contribution in [1.82, 2.24) is 5.32 Å². The Labute approximate surface area is 136 Å². The van der Waals surface area contributed by atoms with Crippen LogP contribution in [0.5, 0.6) is 0 Å². The Bertz CT molecular complexity index is 677. The molecule has 120 valence electrons. The predicted octanol–water partition coefficient (Wildman–Crippen LogP) is 2.82. The standard InChI is InChI=1S/C19H21NO3/c1-14-7-9-17(10-8-14)19(22)23-13-18(21)20-12-11-16-6-4-3-5-15(16)2/h3-10H,11-13H2,1-2H3,(H,20,21). The summed E-state index contributed by atoms with van der Waals surface area (Å²) < 4.78 is 5.01. The van der Waals surface area contributed by atoms with Crippen molar-refractivity contribution in [3.63, 3.8) is 0 Å². The first-order valence-electron chi connectivity index (χ1n) is 7.61. The lowest BCUT2D eigenvalue weighted by Gasteiger charge is -2.08. The molecule has 0 bridgehead atoms. The molecule has 0 aliphatic heterocycles. The Morgan fingerprint density at radius 1 is 1.00 bits per heavy atom. The van der Waals surface area contributed by atoms with Gasteiger partial charge in [0.15, 0.2) is 6.61 Å². The Balaban J connectivity index is 1.72. The van der Waals surface area contributed by atoms with Gasteiger partial charge in [-0.25, -0.2) is 4.79 Å². The monoisotopic (exact) mass is 311 g/mol. The van der Waals surface area contributed by atoms with Gasteiger partial charge in [-0.1, -0.05) is 42.0 Å². The number of aryl methyl sites for hydroxylation is 2. The molecule has 0 unspecified atom stereocenters. The summed E-state index contributed by atoms with van der Waals surface area (Å²) in [7, 11) is 0. The Morgan fingerprint density at radius 3 is 2.39 bits per heavy atom. The molecule has 0 saturated carbocycles. The van der Waals surface area contributed by atoms with Crippen molar-refractivity contribution < 1.29 is 14.3 Å². The third-order valence-electron chi connectivity index (χ3n) is 3.60. The summed E-state index contributed by atoms with van der Waals surface area (Å²) in [6.07, 6.45) is 0.754. The average Bonchev–Trinajstić information content (AvgIpc) is 2.55. The quantitative estimate of drug-likeness (QED) is 0.835. The molecule has 2 aromatic carbocycles. The third-order valence-corrected chi connectivity index (χ3v) is 3.60. The molecule has 0 aliphatic carbocycles. The molecule has 0 fully saturated rings. The van der Waals surface area contributed by atoms with Crippen molar-refractivity contribution in [2.24, 2.45) is 0 Å². The van der Waals surface area contributed by atoms with Crippen molar-refractivity contribution in [3.8, 4) is 0 Å². The molecule has 0 atom stereocenters. The van der Waals surface area contributed by atoms with Gasteiger partial charge in [-0.05, 0) is 43.5 Å². The molecule has 0 aromatic heterocycles. The summed E-state index contributed by atoms with van der Waals surface area (Å²) >= 11 is 0. The van der Waals surface area contributed by atoms with Gasteiger partial charge in [0.2, 0.25) is 0 Å². The van der Waals surface area contributed by atoms with Gasteiger partial charge in [-0.15, -0.1) is 0 Å². The molecule has 0 heterocycles. The number of nitrogens with one attached hydrogen (secondary N) is 1. The van der Waals surface area contributed by atoms with E-state index in [0.29, 0.717) is 12.1 Å². The van der Waals surface area contributed by atoms with Gasteiger partial charge in [0.25, 0.3) is 5.91 Å². The number of hydrogen-bond donors (Lipinski definition) is 1. The first kappa shape index (κ1) is 16.7. The van der Waals surface area contributed by atoms with Gasteiger partial charge in [-0.2, -0.15) is 0 Å². The van der Waals surface area contributed by atoms with E-state index < -0.39 is 5.97 Å². The lowest BCUT2D eigenvalue weighted by Crippen LogP contribution is -2.30. The van der Waals surface area contributed by atoms with Crippen molar-refractivity contribution >= 4 is 11.9 Å². The van der Waals surface area contributed by atoms with E-state index in [9.17, 15) is 9.59 Å². The van der Waals surface area contributed by atoms with Crippen LogP contribution >= 0.6 is 0 Å². The molecule has 0 radical (unpaired) electrons. The summed E-state index contributed by atoms with van der Waals surface area (Å²) in [5.41, 5.74) is 3.91. The van der Waals surface area contributed by atoms with Crippen LogP contribution in [0.3, 0.4) is 0 Å². The number of carbonyl (C=O) groups is 2. The normalized spacial score (nSPS) is 10.2. The third kappa shape index (κ3) is 5.25. The second-order valence-corrected chi connectivity index (χ2v) is 5.47. The number of hydrogen-bond acceptors (Lipinski definition) is 3. The highest BCUT2D eigenvalue weighted by Gasteiger charge is 2.09. The molecular weight excluding hydrogens is 290 g/mol. The fraction of sp³-hybridized carbons (Fsp3) is 0.263. The molecule has 2 aromatic rings. The second kappa shape index (κ2) is 8.13. The van der Waals surface area contributed by atoms with Gasteiger partial charge in [0.1, 0.15) is 0 Å². The fourth-order valence-corrected chi connectivity index (χ4v) is 2.18. The summed E-state index contributed by atoms with van der Waals surface area (Å²) in [4.78, 5) is 23.5. The maximum Gasteiger partial charge on any atom is 0.338 e. The van der Waals surface area contributed by atoms with Crippen molar-refractivity contribution in [2.45, 2.75) is 20.3 Å². The van der Waals surface area contributed by atoms with E-state index >= 15 is 0 Å². The first-order chi connectivity index (χ1) is 11.1. The van der Waals surface area contributed by atoms with Crippen LogP contribution in [0, 0.1) is 13.8 Å². The lowest BCUT2D eigenvalue weighted by molar-refractivity contribution is -0.124. The summed E-state index contributed by atoms with van der Waals surface area (Å²) in [5, 5.41) is 2.76. The van der Waals surface area contributed by atoms with Crippen LogP contribution in [-0.4, -0.2) is 25.0 Å². The molecule has 1 amide bonds. The van der Waals surface area contributed by atoms with E-state index in [0.717, 1.165) is 12.0 Å². The van der Waals surface area contributed by atoms with E-state index in [2.05, 4.69) is 5.32 Å². The first-order valence-corrected chi connectivity index (χ1v) is 7.61. The highest BCUT2D eigenvalue weighted by atomic mass is 16.5. The maximum absolute atomic E-state index is 11.8. The van der Waals surface area contributed by atoms with E-state index in [1.807, 2.05) is 50.2 Å². The van der Waals surface area contributed by atoms with Crippen LogP contribution in [0.1, 0.15) is 27.0 Å². The van der Waals surface area contributed by atoms with Crippen LogP contribution in [0.4, 0.5) is 0 Å². The smallest absolute Gasteiger partial charge is 0.338 e. The van der Waals surface area contributed by atoms with Gasteiger partial charge in [0, 0.05) is 6.54 Å². The number of rotatable bonds is 6. The van der Waals surface area contributed by atoms with Gasteiger partial charge in [0.05, 0.1) is 5.56 Å². The Kier molecular flexibility index (Phi) is 5.92. The van der Waals surface area contributed by atoms with Crippen LogP contribution < -0.4 is 5.32 Å². The second-order valence-electron chi connectivity index (χ2n) is 5.47. The highest BCUT2D eigenvalue weighted by molar-refractivity contribution is 5.91. The predicted molar refractivity (Wildman–Crippen MR) is 89.4 cm³/mol. The van der Waals surface area contributed by atoms with Gasteiger partial charge < -0.3 is 10.1 Å². The van der Waals surface area contributed by atoms with Crippen LogP contribution in [-0.2, 0) is 16.0 Å². The topological polar surface area (TPSA) is 55.4 Å². The largest absolute Gasteiger partial charge is 0.452 e. The van der Waals surface area contributed by atoms with Crippen LogP contribution in [0.25, 0.3) is 0 Å². The van der Waals surface area contributed by atoms with Gasteiger partial charge in [-0.3, -0.25) is 4.79 Å². The van der Waals surface area contributed by atoms with E-state index in [1.54, 1.807) is 12.1 Å². The summed E-state index contributed by atoms with van der Waals surface area (Å²) in [6.45, 7) is 4.24. The van der Waals surface area contributed by atoms with Crippen LogP contribution in [0.15, 0.2) is 48.5 Å². The Morgan fingerprint density at radius 2 is 1.70 bits per heavy atom. The zero-order valence-corrected chi connectivity index (χ0v) is 13.5. The van der Waals surface area contributed by atoms with Gasteiger partial charge >= 0.3 is 5.97 Å². The number of carbonyl (C=O) groups excluding carboxylic acids is 2. The van der Waals surface area contributed by atoms with Crippen molar-refractivity contribution in [1.29, 1.82) is 0 Å².